The first-order valence-corrected chi connectivity index (χ1v) is 13.9. The summed E-state index contributed by atoms with van der Waals surface area (Å²) in [4.78, 5) is 32.3. The zero-order valence-corrected chi connectivity index (χ0v) is 23.7. The van der Waals surface area contributed by atoms with Crippen molar-refractivity contribution in [1.82, 2.24) is 14.7 Å². The molecule has 12 heteroatoms. The molecule has 230 valence electrons. The summed E-state index contributed by atoms with van der Waals surface area (Å²) in [7, 11) is 1.41. The molecule has 42 heavy (non-hydrogen) atoms. The van der Waals surface area contributed by atoms with Gasteiger partial charge in [0, 0.05) is 38.9 Å². The quantitative estimate of drug-likeness (QED) is 0.396. The molecule has 0 aromatic heterocycles. The Morgan fingerprint density at radius 1 is 1.07 bits per heavy atom. The van der Waals surface area contributed by atoms with Gasteiger partial charge in [-0.25, -0.2) is 13.6 Å². The van der Waals surface area contributed by atoms with Crippen LogP contribution in [0.5, 0.6) is 0 Å². The number of fused-ring (bicyclic) bond motifs is 1. The summed E-state index contributed by atoms with van der Waals surface area (Å²) in [6.45, 7) is 3.18. The van der Waals surface area contributed by atoms with Crippen LogP contribution in [-0.4, -0.2) is 76.2 Å². The summed E-state index contributed by atoms with van der Waals surface area (Å²) in [5.41, 5.74) is -1.42. The van der Waals surface area contributed by atoms with Crippen LogP contribution in [0.25, 0.3) is 0 Å². The lowest BCUT2D eigenvalue weighted by Crippen LogP contribution is -2.57. The number of hydrogen-bond acceptors (Lipinski definition) is 4. The van der Waals surface area contributed by atoms with Crippen molar-refractivity contribution in [2.24, 2.45) is 5.41 Å². The number of aryl methyl sites for hydroxylation is 1. The number of piperazine rings is 1. The predicted molar refractivity (Wildman–Crippen MR) is 145 cm³/mol. The molecule has 0 unspecified atom stereocenters. The molecule has 3 atom stereocenters. The third-order valence-corrected chi connectivity index (χ3v) is 8.85. The van der Waals surface area contributed by atoms with Crippen LogP contribution in [-0.2, 0) is 11.0 Å². The maximum absolute atomic E-state index is 14.1. The van der Waals surface area contributed by atoms with Crippen molar-refractivity contribution in [2.45, 2.75) is 63.8 Å². The lowest BCUT2D eigenvalue weighted by atomic mass is 9.77. The minimum atomic E-state index is -4.85. The molecule has 2 aromatic rings. The molecular formula is C30H36F5N3O4. The number of aliphatic hydroxyl groups excluding tert-OH is 2. The van der Waals surface area contributed by atoms with Crippen molar-refractivity contribution in [3.8, 4) is 0 Å². The third kappa shape index (κ3) is 5.83. The normalized spacial score (nSPS) is 21.1. The SMILES string of the molecule is Cc1ccccc1[C@H]1[C@@H]2CC(CCO)(CCO)C(=O)N2CCN1C(=O)N(C)[C@H](C)c1cc(C(F)F)cc(C(F)(F)F)c1. The highest BCUT2D eigenvalue weighted by molar-refractivity contribution is 5.86. The lowest BCUT2D eigenvalue weighted by Gasteiger charge is -2.47. The minimum absolute atomic E-state index is 0.0806. The average molecular weight is 598 g/mol. The summed E-state index contributed by atoms with van der Waals surface area (Å²) in [6, 6.07) is 6.97. The number of rotatable bonds is 8. The molecule has 4 rings (SSSR count). The average Bonchev–Trinajstić information content (AvgIpc) is 3.22. The summed E-state index contributed by atoms with van der Waals surface area (Å²) >= 11 is 0. The van der Waals surface area contributed by atoms with Crippen molar-refractivity contribution < 1.29 is 41.8 Å². The number of carbonyl (C=O) groups is 2. The Labute approximate surface area is 241 Å². The van der Waals surface area contributed by atoms with Gasteiger partial charge in [-0.05, 0) is 68.0 Å². The molecule has 2 aromatic carbocycles. The molecule has 3 amide bonds. The van der Waals surface area contributed by atoms with Gasteiger partial charge in [0.05, 0.1) is 29.1 Å². The largest absolute Gasteiger partial charge is 0.416 e. The smallest absolute Gasteiger partial charge is 0.396 e. The van der Waals surface area contributed by atoms with Gasteiger partial charge in [0.25, 0.3) is 6.43 Å². The van der Waals surface area contributed by atoms with E-state index in [1.54, 1.807) is 9.80 Å². The van der Waals surface area contributed by atoms with Crippen molar-refractivity contribution >= 4 is 11.9 Å². The second-order valence-electron chi connectivity index (χ2n) is 11.2. The van der Waals surface area contributed by atoms with Gasteiger partial charge in [-0.1, -0.05) is 24.3 Å². The van der Waals surface area contributed by atoms with Crippen LogP contribution in [0, 0.1) is 12.3 Å². The van der Waals surface area contributed by atoms with Crippen LogP contribution in [0.15, 0.2) is 42.5 Å². The minimum Gasteiger partial charge on any atom is -0.396 e. The van der Waals surface area contributed by atoms with E-state index in [1.807, 2.05) is 31.2 Å². The molecule has 2 N–H and O–H groups in total. The van der Waals surface area contributed by atoms with E-state index in [4.69, 9.17) is 0 Å². The first-order chi connectivity index (χ1) is 19.8. The first-order valence-electron chi connectivity index (χ1n) is 13.9. The molecule has 7 nitrogen and oxygen atoms in total. The number of halogens is 5. The van der Waals surface area contributed by atoms with Gasteiger partial charge in [-0.15, -0.1) is 0 Å². The van der Waals surface area contributed by atoms with E-state index < -0.39 is 53.3 Å². The molecule has 0 saturated carbocycles. The van der Waals surface area contributed by atoms with Gasteiger partial charge in [-0.2, -0.15) is 13.2 Å². The van der Waals surface area contributed by atoms with Gasteiger partial charge in [0.15, 0.2) is 0 Å². The zero-order chi connectivity index (χ0) is 31.0. The highest BCUT2D eigenvalue weighted by Crippen LogP contribution is 2.49. The monoisotopic (exact) mass is 597 g/mol. The number of aliphatic hydroxyl groups is 2. The Balaban J connectivity index is 1.73. The molecule has 2 aliphatic heterocycles. The van der Waals surface area contributed by atoms with E-state index in [9.17, 15) is 41.8 Å². The second kappa shape index (κ2) is 12.2. The number of nitrogens with zero attached hydrogens (tertiary/aromatic N) is 3. The summed E-state index contributed by atoms with van der Waals surface area (Å²) in [6.07, 6.45) is -7.37. The van der Waals surface area contributed by atoms with E-state index in [0.717, 1.165) is 23.3 Å². The molecule has 0 radical (unpaired) electrons. The van der Waals surface area contributed by atoms with E-state index in [-0.39, 0.29) is 50.6 Å². The molecular weight excluding hydrogens is 561 g/mol. The fourth-order valence-electron chi connectivity index (χ4n) is 6.44. The predicted octanol–water partition coefficient (Wildman–Crippen LogP) is 5.47. The summed E-state index contributed by atoms with van der Waals surface area (Å²) in [5.74, 6) is -0.188. The Bertz CT molecular complexity index is 1300. The van der Waals surface area contributed by atoms with Crippen molar-refractivity contribution in [2.75, 3.05) is 33.4 Å². The number of amides is 3. The van der Waals surface area contributed by atoms with E-state index in [1.165, 1.54) is 18.9 Å². The maximum atomic E-state index is 14.1. The van der Waals surface area contributed by atoms with Crippen LogP contribution in [0.2, 0.25) is 0 Å². The molecule has 0 spiro atoms. The number of alkyl halides is 5. The molecule has 2 fully saturated rings. The van der Waals surface area contributed by atoms with Crippen LogP contribution >= 0.6 is 0 Å². The lowest BCUT2D eigenvalue weighted by molar-refractivity contribution is -0.140. The maximum Gasteiger partial charge on any atom is 0.416 e. The van der Waals surface area contributed by atoms with Crippen molar-refractivity contribution in [1.29, 1.82) is 0 Å². The molecule has 0 aliphatic carbocycles. The zero-order valence-electron chi connectivity index (χ0n) is 23.7. The third-order valence-electron chi connectivity index (χ3n) is 8.85. The van der Waals surface area contributed by atoms with Gasteiger partial charge in [0.1, 0.15) is 0 Å². The van der Waals surface area contributed by atoms with E-state index in [0.29, 0.717) is 12.5 Å². The fourth-order valence-corrected chi connectivity index (χ4v) is 6.44. The van der Waals surface area contributed by atoms with Crippen LogP contribution in [0.4, 0.5) is 26.7 Å². The highest BCUT2D eigenvalue weighted by Gasteiger charge is 2.56. The molecule has 2 heterocycles. The molecule has 2 saturated heterocycles. The van der Waals surface area contributed by atoms with E-state index >= 15 is 0 Å². The van der Waals surface area contributed by atoms with Crippen LogP contribution < -0.4 is 0 Å². The van der Waals surface area contributed by atoms with Gasteiger partial charge in [0.2, 0.25) is 5.91 Å². The Morgan fingerprint density at radius 3 is 2.26 bits per heavy atom. The summed E-state index contributed by atoms with van der Waals surface area (Å²) in [5, 5.41) is 19.5. The Kier molecular flexibility index (Phi) is 9.17. The Morgan fingerprint density at radius 2 is 1.69 bits per heavy atom. The standard InChI is InChI=1S/C30H36F5N3O4/c1-18-6-4-5-7-23(18)25-24-17-29(8-12-39,9-13-40)27(41)37(24)10-11-38(25)28(42)36(3)19(2)20-14-21(26(31)32)16-22(15-20)30(33,34)35/h4-7,14-16,19,24-26,39-40H,8-13,17H2,1-3H3/t19-,24+,25+/m1/s1. The van der Waals surface area contributed by atoms with Crippen molar-refractivity contribution in [3.05, 3.63) is 70.3 Å². The van der Waals surface area contributed by atoms with Crippen molar-refractivity contribution in [3.63, 3.8) is 0 Å². The Hall–Kier alpha value is -3.25. The molecule has 0 bridgehead atoms. The topological polar surface area (TPSA) is 84.3 Å². The fraction of sp³-hybridized carbons (Fsp3) is 0.533. The van der Waals surface area contributed by atoms with Crippen LogP contribution in [0.3, 0.4) is 0 Å². The number of benzene rings is 2. The van der Waals surface area contributed by atoms with Gasteiger partial charge < -0.3 is 24.9 Å². The number of carbonyl (C=O) groups excluding carboxylic acids is 2. The second-order valence-corrected chi connectivity index (χ2v) is 11.2. The summed E-state index contributed by atoms with van der Waals surface area (Å²) < 4.78 is 67.6. The molecule has 2 aliphatic rings. The number of urea groups is 1. The van der Waals surface area contributed by atoms with Gasteiger partial charge >= 0.3 is 12.2 Å². The number of hydrogen-bond donors (Lipinski definition) is 2. The highest BCUT2D eigenvalue weighted by atomic mass is 19.4. The van der Waals surface area contributed by atoms with Crippen LogP contribution in [0.1, 0.15) is 72.5 Å². The van der Waals surface area contributed by atoms with E-state index in [2.05, 4.69) is 0 Å². The van der Waals surface area contributed by atoms with Gasteiger partial charge in [-0.3, -0.25) is 4.79 Å². The first kappa shape index (κ1) is 31.7.